The molecule has 0 radical (unpaired) electrons. The first-order valence-corrected chi connectivity index (χ1v) is 10.1. The third-order valence-electron chi connectivity index (χ3n) is 5.07. The highest BCUT2D eigenvalue weighted by Crippen LogP contribution is 2.34. The third kappa shape index (κ3) is 5.31. The van der Waals surface area contributed by atoms with E-state index < -0.39 is 58.7 Å². The van der Waals surface area contributed by atoms with Crippen molar-refractivity contribution in [3.8, 4) is 11.6 Å². The van der Waals surface area contributed by atoms with Gasteiger partial charge in [0.2, 0.25) is 5.88 Å². The summed E-state index contributed by atoms with van der Waals surface area (Å²) in [6, 6.07) is -0.441. The van der Waals surface area contributed by atoms with E-state index in [4.69, 9.17) is 5.11 Å². The summed E-state index contributed by atoms with van der Waals surface area (Å²) in [7, 11) is 0. The van der Waals surface area contributed by atoms with Crippen molar-refractivity contribution in [3.05, 3.63) is 21.5 Å². The standard InChI is InChI=1S/C20H29N3O7/c1-11(2)9-21-17(27)14-16(26)15(18(28)22-10-13(24)25)20(30)23(19(14)29)12-7-5-3-4-6-8-12/h11-12,26,30H,3-10H2,1-2H3,(H,21,27)(H,22,28)(H,24,25). The summed E-state index contributed by atoms with van der Waals surface area (Å²) in [6.07, 6.45) is 4.71. The minimum Gasteiger partial charge on any atom is -0.506 e. The maximum Gasteiger partial charge on any atom is 0.322 e. The molecule has 0 unspecified atom stereocenters. The molecule has 0 bridgehead atoms. The number of pyridine rings is 1. The first kappa shape index (κ1) is 23.2. The van der Waals surface area contributed by atoms with Gasteiger partial charge in [0.15, 0.2) is 5.75 Å². The van der Waals surface area contributed by atoms with Crippen LogP contribution >= 0.6 is 0 Å². The molecule has 10 nitrogen and oxygen atoms in total. The molecule has 2 rings (SSSR count). The van der Waals surface area contributed by atoms with Crippen LogP contribution in [0.3, 0.4) is 0 Å². The van der Waals surface area contributed by atoms with Crippen LogP contribution in [0.2, 0.25) is 0 Å². The van der Waals surface area contributed by atoms with Crippen LogP contribution in [-0.4, -0.2) is 50.8 Å². The molecule has 0 spiro atoms. The van der Waals surface area contributed by atoms with Gasteiger partial charge in [-0.25, -0.2) is 0 Å². The van der Waals surface area contributed by atoms with Crippen molar-refractivity contribution in [3.63, 3.8) is 0 Å². The summed E-state index contributed by atoms with van der Waals surface area (Å²) in [5, 5.41) is 34.7. The zero-order valence-corrected chi connectivity index (χ0v) is 17.2. The molecular weight excluding hydrogens is 394 g/mol. The summed E-state index contributed by atoms with van der Waals surface area (Å²) in [5.41, 5.74) is -2.21. The number of carboxylic acids is 1. The smallest absolute Gasteiger partial charge is 0.322 e. The van der Waals surface area contributed by atoms with E-state index in [2.05, 4.69) is 10.6 Å². The van der Waals surface area contributed by atoms with Gasteiger partial charge in [-0.1, -0.05) is 39.5 Å². The Morgan fingerprint density at radius 2 is 1.57 bits per heavy atom. The van der Waals surface area contributed by atoms with Gasteiger partial charge in [0.05, 0.1) is 0 Å². The minimum atomic E-state index is -1.32. The lowest BCUT2D eigenvalue weighted by atomic mass is 10.0. The molecular formula is C20H29N3O7. The van der Waals surface area contributed by atoms with Crippen molar-refractivity contribution in [1.29, 1.82) is 0 Å². The average Bonchev–Trinajstić information content (AvgIpc) is 2.94. The van der Waals surface area contributed by atoms with E-state index in [9.17, 15) is 29.4 Å². The SMILES string of the molecule is CC(C)CNC(=O)c1c(O)c(C(=O)NCC(=O)O)c(O)n(C2CCCCCC2)c1=O. The lowest BCUT2D eigenvalue weighted by molar-refractivity contribution is -0.135. The molecule has 0 aromatic carbocycles. The highest BCUT2D eigenvalue weighted by atomic mass is 16.4. The van der Waals surface area contributed by atoms with Crippen molar-refractivity contribution < 1.29 is 29.7 Å². The average molecular weight is 423 g/mol. The van der Waals surface area contributed by atoms with Crippen molar-refractivity contribution in [2.75, 3.05) is 13.1 Å². The van der Waals surface area contributed by atoms with Gasteiger partial charge in [-0.2, -0.15) is 0 Å². The molecule has 0 aliphatic heterocycles. The molecule has 30 heavy (non-hydrogen) atoms. The number of amides is 2. The van der Waals surface area contributed by atoms with Crippen LogP contribution in [0.4, 0.5) is 0 Å². The normalized spacial score (nSPS) is 14.9. The summed E-state index contributed by atoms with van der Waals surface area (Å²) in [4.78, 5) is 49.0. The Balaban J connectivity index is 2.62. The Hall–Kier alpha value is -3.04. The molecule has 1 aliphatic carbocycles. The molecule has 1 heterocycles. The summed E-state index contributed by atoms with van der Waals surface area (Å²) < 4.78 is 0.991. The molecule has 0 saturated heterocycles. The zero-order valence-electron chi connectivity index (χ0n) is 17.2. The third-order valence-corrected chi connectivity index (χ3v) is 5.07. The predicted molar refractivity (Wildman–Crippen MR) is 108 cm³/mol. The second-order valence-electron chi connectivity index (χ2n) is 7.92. The first-order chi connectivity index (χ1) is 14.1. The molecule has 166 valence electrons. The molecule has 1 aromatic rings. The monoisotopic (exact) mass is 423 g/mol. The molecule has 1 aromatic heterocycles. The van der Waals surface area contributed by atoms with E-state index in [0.717, 1.165) is 30.3 Å². The minimum absolute atomic E-state index is 0.0793. The lowest BCUT2D eigenvalue weighted by Gasteiger charge is -2.23. The van der Waals surface area contributed by atoms with Crippen molar-refractivity contribution >= 4 is 17.8 Å². The van der Waals surface area contributed by atoms with Crippen LogP contribution in [0.1, 0.15) is 79.1 Å². The molecule has 0 atom stereocenters. The lowest BCUT2D eigenvalue weighted by Crippen LogP contribution is -2.38. The maximum atomic E-state index is 13.1. The van der Waals surface area contributed by atoms with Gasteiger partial charge in [0.25, 0.3) is 17.4 Å². The Kier molecular flexibility index (Phi) is 7.85. The molecule has 2 amide bonds. The van der Waals surface area contributed by atoms with Gasteiger partial charge < -0.3 is 26.0 Å². The molecule has 1 aliphatic rings. The van der Waals surface area contributed by atoms with E-state index >= 15 is 0 Å². The van der Waals surface area contributed by atoms with Crippen LogP contribution in [0.25, 0.3) is 0 Å². The highest BCUT2D eigenvalue weighted by Gasteiger charge is 2.32. The fraction of sp³-hybridized carbons (Fsp3) is 0.600. The second kappa shape index (κ2) is 10.1. The van der Waals surface area contributed by atoms with E-state index in [0.29, 0.717) is 12.8 Å². The molecule has 5 N–H and O–H groups in total. The van der Waals surface area contributed by atoms with Gasteiger partial charge >= 0.3 is 5.97 Å². The predicted octanol–water partition coefficient (Wildman–Crippen LogP) is 1.35. The molecule has 10 heteroatoms. The van der Waals surface area contributed by atoms with Gasteiger partial charge in [0.1, 0.15) is 17.7 Å². The van der Waals surface area contributed by atoms with Crippen LogP contribution < -0.4 is 16.2 Å². The second-order valence-corrected chi connectivity index (χ2v) is 7.92. The van der Waals surface area contributed by atoms with Crippen LogP contribution in [-0.2, 0) is 4.79 Å². The molecule has 1 saturated carbocycles. The number of nitrogens with zero attached hydrogens (tertiary/aromatic N) is 1. The number of carboxylic acid groups (broad SMARTS) is 1. The van der Waals surface area contributed by atoms with Gasteiger partial charge in [-0.15, -0.1) is 0 Å². The Labute approximate surface area is 173 Å². The Morgan fingerprint density at radius 1 is 1.00 bits per heavy atom. The fourth-order valence-electron chi connectivity index (χ4n) is 3.57. The topological polar surface area (TPSA) is 158 Å². The number of aliphatic carboxylic acids is 1. The fourth-order valence-corrected chi connectivity index (χ4v) is 3.57. The Bertz CT molecular complexity index is 868. The van der Waals surface area contributed by atoms with Crippen molar-refractivity contribution in [2.45, 2.75) is 58.4 Å². The Morgan fingerprint density at radius 3 is 2.10 bits per heavy atom. The summed E-state index contributed by atoms with van der Waals surface area (Å²) in [6.45, 7) is 3.19. The van der Waals surface area contributed by atoms with Gasteiger partial charge in [-0.3, -0.25) is 23.7 Å². The van der Waals surface area contributed by atoms with Crippen LogP contribution in [0.15, 0.2) is 4.79 Å². The maximum absolute atomic E-state index is 13.1. The van der Waals surface area contributed by atoms with E-state index in [1.807, 2.05) is 13.8 Å². The first-order valence-electron chi connectivity index (χ1n) is 10.1. The number of carbonyl (C=O) groups excluding carboxylic acids is 2. The van der Waals surface area contributed by atoms with Crippen LogP contribution in [0.5, 0.6) is 11.6 Å². The summed E-state index contributed by atoms with van der Waals surface area (Å²) >= 11 is 0. The number of aromatic hydroxyl groups is 2. The number of rotatable bonds is 7. The zero-order chi connectivity index (χ0) is 22.4. The number of hydrogen-bond donors (Lipinski definition) is 5. The van der Waals surface area contributed by atoms with Crippen molar-refractivity contribution in [2.24, 2.45) is 5.92 Å². The largest absolute Gasteiger partial charge is 0.506 e. The van der Waals surface area contributed by atoms with Gasteiger partial charge in [-0.05, 0) is 18.8 Å². The number of hydrogen-bond acceptors (Lipinski definition) is 6. The number of aromatic nitrogens is 1. The quantitative estimate of drug-likeness (QED) is 0.414. The number of carbonyl (C=O) groups is 3. The van der Waals surface area contributed by atoms with E-state index in [-0.39, 0.29) is 12.5 Å². The molecule has 1 fully saturated rings. The summed E-state index contributed by atoms with van der Waals surface area (Å²) in [5.74, 6) is -4.93. The van der Waals surface area contributed by atoms with E-state index in [1.165, 1.54) is 0 Å². The number of nitrogens with one attached hydrogen (secondary N) is 2. The van der Waals surface area contributed by atoms with Crippen molar-refractivity contribution in [1.82, 2.24) is 15.2 Å². The van der Waals surface area contributed by atoms with E-state index in [1.54, 1.807) is 0 Å². The van der Waals surface area contributed by atoms with Crippen LogP contribution in [0, 0.1) is 5.92 Å². The highest BCUT2D eigenvalue weighted by molar-refractivity contribution is 6.05. The van der Waals surface area contributed by atoms with Gasteiger partial charge in [0, 0.05) is 12.6 Å².